The van der Waals surface area contributed by atoms with Crippen LogP contribution in [0.5, 0.6) is 0 Å². The molecule has 6 heteroatoms. The Morgan fingerprint density at radius 1 is 1.27 bits per heavy atom. The molecule has 6 nitrogen and oxygen atoms in total. The smallest absolute Gasteiger partial charge is 0.317 e. The average molecular weight is 307 g/mol. The van der Waals surface area contributed by atoms with Gasteiger partial charge in [-0.3, -0.25) is 14.5 Å². The van der Waals surface area contributed by atoms with E-state index in [1.807, 2.05) is 4.90 Å². The Kier molecular flexibility index (Phi) is 4.88. The summed E-state index contributed by atoms with van der Waals surface area (Å²) in [4.78, 5) is 37.9. The van der Waals surface area contributed by atoms with Gasteiger partial charge < -0.3 is 10.2 Å². The number of carbonyl (C=O) groups is 3. The van der Waals surface area contributed by atoms with Crippen LogP contribution in [-0.2, 0) is 9.59 Å². The molecule has 0 spiro atoms. The van der Waals surface area contributed by atoms with Gasteiger partial charge in [0, 0.05) is 38.3 Å². The van der Waals surface area contributed by atoms with Crippen LogP contribution < -0.4 is 5.32 Å². The maximum atomic E-state index is 12.1. The third-order valence-electron chi connectivity index (χ3n) is 4.44. The number of urea groups is 1. The van der Waals surface area contributed by atoms with E-state index in [0.717, 1.165) is 19.5 Å². The summed E-state index contributed by atoms with van der Waals surface area (Å²) >= 11 is 0. The number of hydrogen-bond donors (Lipinski definition) is 1. The van der Waals surface area contributed by atoms with Crippen molar-refractivity contribution in [2.45, 2.75) is 33.6 Å². The highest BCUT2D eigenvalue weighted by molar-refractivity contribution is 6.12. The normalized spacial score (nSPS) is 21.9. The molecule has 0 saturated carbocycles. The highest BCUT2D eigenvalue weighted by Gasteiger charge is 2.33. The highest BCUT2D eigenvalue weighted by atomic mass is 16.2. The summed E-state index contributed by atoms with van der Waals surface area (Å²) in [5.74, 6) is -0.0167. The fraction of sp³-hybridized carbons (Fsp3) is 0.688. The second-order valence-electron chi connectivity index (χ2n) is 7.04. The molecule has 0 bridgehead atoms. The molecule has 1 saturated heterocycles. The monoisotopic (exact) mass is 307 g/mol. The molecule has 2 aliphatic rings. The van der Waals surface area contributed by atoms with Crippen LogP contribution in [0.15, 0.2) is 12.2 Å². The Balaban J connectivity index is 1.67. The first-order valence-electron chi connectivity index (χ1n) is 7.85. The summed E-state index contributed by atoms with van der Waals surface area (Å²) in [5, 5.41) is 2.87. The van der Waals surface area contributed by atoms with Gasteiger partial charge in [-0.25, -0.2) is 4.79 Å². The zero-order chi connectivity index (χ0) is 16.3. The van der Waals surface area contributed by atoms with Gasteiger partial charge in [-0.2, -0.15) is 0 Å². The van der Waals surface area contributed by atoms with E-state index in [-0.39, 0.29) is 23.3 Å². The van der Waals surface area contributed by atoms with Crippen LogP contribution in [0.2, 0.25) is 0 Å². The lowest BCUT2D eigenvalue weighted by atomic mass is 9.80. The Hall–Kier alpha value is -1.85. The van der Waals surface area contributed by atoms with Crippen molar-refractivity contribution < 1.29 is 14.4 Å². The number of carbonyl (C=O) groups excluding carboxylic acids is 3. The van der Waals surface area contributed by atoms with E-state index in [0.29, 0.717) is 25.4 Å². The van der Waals surface area contributed by atoms with Crippen LogP contribution >= 0.6 is 0 Å². The summed E-state index contributed by atoms with van der Waals surface area (Å²) < 4.78 is 0. The van der Waals surface area contributed by atoms with Crippen LogP contribution in [0.3, 0.4) is 0 Å². The zero-order valence-electron chi connectivity index (χ0n) is 13.6. The molecule has 122 valence electrons. The molecule has 1 fully saturated rings. The molecule has 0 aliphatic carbocycles. The largest absolute Gasteiger partial charge is 0.338 e. The van der Waals surface area contributed by atoms with Gasteiger partial charge in [0.2, 0.25) is 0 Å². The van der Waals surface area contributed by atoms with E-state index < -0.39 is 0 Å². The molecule has 0 unspecified atom stereocenters. The summed E-state index contributed by atoms with van der Waals surface area (Å²) in [7, 11) is 0. The minimum Gasteiger partial charge on any atom is -0.338 e. The first-order valence-corrected chi connectivity index (χ1v) is 7.85. The molecule has 4 amide bonds. The van der Waals surface area contributed by atoms with E-state index in [9.17, 15) is 14.4 Å². The molecule has 0 aromatic carbocycles. The van der Waals surface area contributed by atoms with Gasteiger partial charge in [-0.1, -0.05) is 20.8 Å². The molecule has 0 radical (unpaired) electrons. The molecule has 2 rings (SSSR count). The number of rotatable bonds is 4. The Labute approximate surface area is 131 Å². The van der Waals surface area contributed by atoms with Gasteiger partial charge in [-0.15, -0.1) is 0 Å². The van der Waals surface area contributed by atoms with Crippen molar-refractivity contribution in [2.24, 2.45) is 11.3 Å². The Bertz CT molecular complexity index is 475. The fourth-order valence-corrected chi connectivity index (χ4v) is 2.85. The second-order valence-corrected chi connectivity index (χ2v) is 7.04. The lowest BCUT2D eigenvalue weighted by Gasteiger charge is -2.27. The van der Waals surface area contributed by atoms with Gasteiger partial charge in [0.25, 0.3) is 11.8 Å². The highest BCUT2D eigenvalue weighted by Crippen LogP contribution is 2.33. The van der Waals surface area contributed by atoms with Crippen molar-refractivity contribution in [2.75, 3.05) is 26.2 Å². The van der Waals surface area contributed by atoms with Crippen molar-refractivity contribution in [1.29, 1.82) is 0 Å². The van der Waals surface area contributed by atoms with Gasteiger partial charge in [0.05, 0.1) is 0 Å². The summed E-state index contributed by atoms with van der Waals surface area (Å²) in [6.07, 6.45) is 4.16. The van der Waals surface area contributed by atoms with Gasteiger partial charge in [-0.05, 0) is 24.2 Å². The third-order valence-corrected chi connectivity index (χ3v) is 4.44. The van der Waals surface area contributed by atoms with Crippen molar-refractivity contribution >= 4 is 17.8 Å². The lowest BCUT2D eigenvalue weighted by molar-refractivity contribution is -0.136. The Morgan fingerprint density at radius 2 is 1.91 bits per heavy atom. The lowest BCUT2D eigenvalue weighted by Crippen LogP contribution is -2.40. The summed E-state index contributed by atoms with van der Waals surface area (Å²) in [6.45, 7) is 9.01. The predicted molar refractivity (Wildman–Crippen MR) is 83.0 cm³/mol. The third kappa shape index (κ3) is 3.87. The number of nitrogens with one attached hydrogen (secondary N) is 1. The van der Waals surface area contributed by atoms with Crippen molar-refractivity contribution in [3.05, 3.63) is 12.2 Å². The summed E-state index contributed by atoms with van der Waals surface area (Å²) in [6, 6.07) is -0.0519. The van der Waals surface area contributed by atoms with Crippen LogP contribution in [0.1, 0.15) is 33.6 Å². The maximum absolute atomic E-state index is 12.1. The zero-order valence-corrected chi connectivity index (χ0v) is 13.6. The van der Waals surface area contributed by atoms with Crippen molar-refractivity contribution in [3.8, 4) is 0 Å². The molecule has 1 atom stereocenters. The van der Waals surface area contributed by atoms with Crippen LogP contribution in [-0.4, -0.2) is 53.8 Å². The van der Waals surface area contributed by atoms with Gasteiger partial charge >= 0.3 is 6.03 Å². The quantitative estimate of drug-likeness (QED) is 0.630. The van der Waals surface area contributed by atoms with E-state index in [2.05, 4.69) is 26.1 Å². The number of nitrogens with zero attached hydrogens (tertiary/aromatic N) is 2. The fourth-order valence-electron chi connectivity index (χ4n) is 2.85. The second kappa shape index (κ2) is 6.50. The molecule has 2 heterocycles. The minimum absolute atomic E-state index is 0.0519. The molecule has 0 aromatic heterocycles. The SMILES string of the molecule is CC(C)(C)[C@@H]1CCN(C(=O)NCCCN2C(=O)C=CC2=O)C1. The molecule has 0 aromatic rings. The van der Waals surface area contributed by atoms with E-state index in [1.54, 1.807) is 0 Å². The Morgan fingerprint density at radius 3 is 2.45 bits per heavy atom. The standard InChI is InChI=1S/C16H25N3O3/c1-16(2,3)12-7-10-18(11-12)15(22)17-8-4-9-19-13(20)5-6-14(19)21/h5-6,12H,4,7-11H2,1-3H3,(H,17,22)/t12-/m1/s1. The molecule has 2 aliphatic heterocycles. The van der Waals surface area contributed by atoms with Crippen molar-refractivity contribution in [1.82, 2.24) is 15.1 Å². The number of hydrogen-bond acceptors (Lipinski definition) is 3. The first-order chi connectivity index (χ1) is 10.3. The topological polar surface area (TPSA) is 69.7 Å². The maximum Gasteiger partial charge on any atom is 0.317 e. The van der Waals surface area contributed by atoms with Gasteiger partial charge in [0.1, 0.15) is 0 Å². The summed E-state index contributed by atoms with van der Waals surface area (Å²) in [5.41, 5.74) is 0.221. The molecular weight excluding hydrogens is 282 g/mol. The minimum atomic E-state index is -0.274. The van der Waals surface area contributed by atoms with E-state index >= 15 is 0 Å². The van der Waals surface area contributed by atoms with Crippen LogP contribution in [0, 0.1) is 11.3 Å². The van der Waals surface area contributed by atoms with E-state index in [1.165, 1.54) is 17.1 Å². The predicted octanol–water partition coefficient (Wildman–Crippen LogP) is 1.38. The molecule has 22 heavy (non-hydrogen) atoms. The van der Waals surface area contributed by atoms with Crippen LogP contribution in [0.4, 0.5) is 4.79 Å². The number of likely N-dealkylation sites (tertiary alicyclic amines) is 1. The van der Waals surface area contributed by atoms with Crippen LogP contribution in [0.25, 0.3) is 0 Å². The number of amides is 4. The first kappa shape index (κ1) is 16.5. The molecule has 1 N–H and O–H groups in total. The molecular formula is C16H25N3O3. The van der Waals surface area contributed by atoms with Crippen molar-refractivity contribution in [3.63, 3.8) is 0 Å². The van der Waals surface area contributed by atoms with Gasteiger partial charge in [0.15, 0.2) is 0 Å². The number of imide groups is 1. The average Bonchev–Trinajstić information content (AvgIpc) is 3.04. The van der Waals surface area contributed by atoms with E-state index in [4.69, 9.17) is 0 Å².